The van der Waals surface area contributed by atoms with Gasteiger partial charge in [0.15, 0.2) is 0 Å². The standard InChI is InChI=1S/C13H16F2O3/c1-3-9(13(17)18-4-2)12(16)10-7-8(14)5-6-11(10)15/h5-7,9,12,16H,3-4H2,1-2H3. The van der Waals surface area contributed by atoms with Crippen LogP contribution >= 0.6 is 0 Å². The molecule has 2 unspecified atom stereocenters. The molecule has 0 aliphatic carbocycles. The number of esters is 1. The van der Waals surface area contributed by atoms with Crippen LogP contribution < -0.4 is 0 Å². The molecule has 1 N–H and O–H groups in total. The summed E-state index contributed by atoms with van der Waals surface area (Å²) in [5.41, 5.74) is -0.227. The highest BCUT2D eigenvalue weighted by molar-refractivity contribution is 5.73. The first kappa shape index (κ1) is 14.6. The molecule has 0 bridgehead atoms. The summed E-state index contributed by atoms with van der Waals surface area (Å²) in [6.45, 7) is 3.48. The van der Waals surface area contributed by atoms with Crippen LogP contribution in [0.25, 0.3) is 0 Å². The van der Waals surface area contributed by atoms with E-state index in [0.29, 0.717) is 0 Å². The van der Waals surface area contributed by atoms with Gasteiger partial charge in [-0.2, -0.15) is 0 Å². The third-order valence-corrected chi connectivity index (χ3v) is 2.69. The van der Waals surface area contributed by atoms with Crippen molar-refractivity contribution in [1.29, 1.82) is 0 Å². The Balaban J connectivity index is 2.99. The topological polar surface area (TPSA) is 46.5 Å². The smallest absolute Gasteiger partial charge is 0.311 e. The van der Waals surface area contributed by atoms with Crippen LogP contribution in [0.3, 0.4) is 0 Å². The molecule has 0 amide bonds. The molecule has 1 aromatic rings. The molecule has 0 spiro atoms. The van der Waals surface area contributed by atoms with E-state index in [-0.39, 0.29) is 18.6 Å². The molecule has 3 nitrogen and oxygen atoms in total. The lowest BCUT2D eigenvalue weighted by Gasteiger charge is -2.20. The summed E-state index contributed by atoms with van der Waals surface area (Å²) in [4.78, 5) is 11.6. The molecule has 0 saturated carbocycles. The molecule has 0 heterocycles. The summed E-state index contributed by atoms with van der Waals surface area (Å²) in [6, 6.07) is 2.77. The molecule has 1 aromatic carbocycles. The molecule has 0 fully saturated rings. The van der Waals surface area contributed by atoms with E-state index in [0.717, 1.165) is 18.2 Å². The minimum absolute atomic E-state index is 0.174. The molecule has 0 aliphatic heterocycles. The largest absolute Gasteiger partial charge is 0.466 e. The van der Waals surface area contributed by atoms with Crippen LogP contribution in [0.5, 0.6) is 0 Å². The van der Waals surface area contributed by atoms with Crippen molar-refractivity contribution < 1.29 is 23.4 Å². The van der Waals surface area contributed by atoms with Gasteiger partial charge in [-0.05, 0) is 31.5 Å². The molecule has 0 aliphatic rings. The van der Waals surface area contributed by atoms with Crippen LogP contribution in [0.4, 0.5) is 8.78 Å². The van der Waals surface area contributed by atoms with Crippen LogP contribution in [-0.4, -0.2) is 17.7 Å². The van der Waals surface area contributed by atoms with Gasteiger partial charge in [-0.3, -0.25) is 4.79 Å². The van der Waals surface area contributed by atoms with E-state index in [1.165, 1.54) is 0 Å². The Labute approximate surface area is 104 Å². The highest BCUT2D eigenvalue weighted by atomic mass is 19.1. The minimum Gasteiger partial charge on any atom is -0.466 e. The van der Waals surface area contributed by atoms with Crippen molar-refractivity contribution in [3.05, 3.63) is 35.4 Å². The van der Waals surface area contributed by atoms with E-state index in [9.17, 15) is 18.7 Å². The van der Waals surface area contributed by atoms with Gasteiger partial charge in [0, 0.05) is 5.56 Å². The third kappa shape index (κ3) is 3.26. The Morgan fingerprint density at radius 3 is 2.61 bits per heavy atom. The summed E-state index contributed by atoms with van der Waals surface area (Å²) in [6.07, 6.45) is -1.14. The van der Waals surface area contributed by atoms with E-state index in [1.54, 1.807) is 13.8 Å². The predicted molar refractivity (Wildman–Crippen MR) is 61.7 cm³/mol. The molecular formula is C13H16F2O3. The maximum Gasteiger partial charge on any atom is 0.311 e. The summed E-state index contributed by atoms with van der Waals surface area (Å²) < 4.78 is 31.3. The van der Waals surface area contributed by atoms with Gasteiger partial charge in [-0.1, -0.05) is 6.92 Å². The highest BCUT2D eigenvalue weighted by Gasteiger charge is 2.29. The number of halogens is 2. The number of carbonyl (C=O) groups excluding carboxylic acids is 1. The number of aliphatic hydroxyl groups is 1. The maximum atomic E-state index is 13.5. The van der Waals surface area contributed by atoms with Crippen LogP contribution in [0.15, 0.2) is 18.2 Å². The molecule has 5 heteroatoms. The first-order valence-electron chi connectivity index (χ1n) is 5.80. The van der Waals surface area contributed by atoms with Crippen molar-refractivity contribution >= 4 is 5.97 Å². The molecule has 18 heavy (non-hydrogen) atoms. The minimum atomic E-state index is -1.41. The van der Waals surface area contributed by atoms with Crippen LogP contribution in [0, 0.1) is 17.6 Å². The SMILES string of the molecule is CCOC(=O)C(CC)C(O)c1cc(F)ccc1F. The fourth-order valence-electron chi connectivity index (χ4n) is 1.73. The Kier molecular flexibility index (Phi) is 5.22. The van der Waals surface area contributed by atoms with Crippen molar-refractivity contribution in [1.82, 2.24) is 0 Å². The highest BCUT2D eigenvalue weighted by Crippen LogP contribution is 2.28. The second-order valence-corrected chi connectivity index (χ2v) is 3.88. The first-order valence-corrected chi connectivity index (χ1v) is 5.80. The number of hydrogen-bond donors (Lipinski definition) is 1. The maximum absolute atomic E-state index is 13.5. The van der Waals surface area contributed by atoms with E-state index in [4.69, 9.17) is 4.74 Å². The van der Waals surface area contributed by atoms with E-state index < -0.39 is 29.6 Å². The van der Waals surface area contributed by atoms with Crippen molar-refractivity contribution in [2.45, 2.75) is 26.4 Å². The Bertz CT molecular complexity index is 421. The number of benzene rings is 1. The molecular weight excluding hydrogens is 242 g/mol. The second kappa shape index (κ2) is 6.44. The molecule has 2 atom stereocenters. The van der Waals surface area contributed by atoms with Crippen molar-refractivity contribution in [3.8, 4) is 0 Å². The average Bonchev–Trinajstić information content (AvgIpc) is 2.33. The summed E-state index contributed by atoms with van der Waals surface area (Å²) in [5.74, 6) is -2.92. The second-order valence-electron chi connectivity index (χ2n) is 3.88. The monoisotopic (exact) mass is 258 g/mol. The molecule has 100 valence electrons. The van der Waals surface area contributed by atoms with E-state index >= 15 is 0 Å². The normalized spacial score (nSPS) is 14.1. The van der Waals surface area contributed by atoms with Crippen molar-refractivity contribution in [3.63, 3.8) is 0 Å². The Hall–Kier alpha value is -1.49. The van der Waals surface area contributed by atoms with Crippen LogP contribution in [0.2, 0.25) is 0 Å². The number of aliphatic hydroxyl groups excluding tert-OH is 1. The zero-order valence-electron chi connectivity index (χ0n) is 10.3. The van der Waals surface area contributed by atoms with E-state index in [1.807, 2.05) is 0 Å². The molecule has 1 rings (SSSR count). The third-order valence-electron chi connectivity index (χ3n) is 2.69. The molecule has 0 saturated heterocycles. The predicted octanol–water partition coefficient (Wildman–Crippen LogP) is 2.59. The summed E-state index contributed by atoms with van der Waals surface area (Å²) >= 11 is 0. The Morgan fingerprint density at radius 2 is 2.06 bits per heavy atom. The quantitative estimate of drug-likeness (QED) is 0.826. The Morgan fingerprint density at radius 1 is 1.39 bits per heavy atom. The zero-order chi connectivity index (χ0) is 13.7. The van der Waals surface area contributed by atoms with Gasteiger partial charge < -0.3 is 9.84 Å². The van der Waals surface area contributed by atoms with Gasteiger partial charge in [0.2, 0.25) is 0 Å². The number of hydrogen-bond acceptors (Lipinski definition) is 3. The lowest BCUT2D eigenvalue weighted by Crippen LogP contribution is -2.24. The van der Waals surface area contributed by atoms with Gasteiger partial charge in [-0.15, -0.1) is 0 Å². The number of rotatable bonds is 5. The fraction of sp³-hybridized carbons (Fsp3) is 0.462. The lowest BCUT2D eigenvalue weighted by atomic mass is 9.93. The first-order chi connectivity index (χ1) is 8.51. The summed E-state index contributed by atoms with van der Waals surface area (Å²) in [5, 5.41) is 9.98. The van der Waals surface area contributed by atoms with Gasteiger partial charge in [0.1, 0.15) is 11.6 Å². The van der Waals surface area contributed by atoms with E-state index in [2.05, 4.69) is 0 Å². The van der Waals surface area contributed by atoms with Crippen molar-refractivity contribution in [2.75, 3.05) is 6.61 Å². The van der Waals surface area contributed by atoms with Crippen LogP contribution in [0.1, 0.15) is 31.9 Å². The number of ether oxygens (including phenoxy) is 1. The van der Waals surface area contributed by atoms with Gasteiger partial charge >= 0.3 is 5.97 Å². The van der Waals surface area contributed by atoms with Gasteiger partial charge in [0.25, 0.3) is 0 Å². The molecule has 0 radical (unpaired) electrons. The fourth-order valence-corrected chi connectivity index (χ4v) is 1.73. The lowest BCUT2D eigenvalue weighted by molar-refractivity contribution is -0.152. The van der Waals surface area contributed by atoms with Gasteiger partial charge in [-0.25, -0.2) is 8.78 Å². The van der Waals surface area contributed by atoms with Gasteiger partial charge in [0.05, 0.1) is 18.6 Å². The average molecular weight is 258 g/mol. The number of carbonyl (C=O) groups is 1. The van der Waals surface area contributed by atoms with Crippen LogP contribution in [-0.2, 0) is 9.53 Å². The molecule has 0 aromatic heterocycles. The van der Waals surface area contributed by atoms with Crippen molar-refractivity contribution in [2.24, 2.45) is 5.92 Å². The summed E-state index contributed by atoms with van der Waals surface area (Å²) in [7, 11) is 0. The zero-order valence-corrected chi connectivity index (χ0v) is 10.3.